The third-order valence-electron chi connectivity index (χ3n) is 6.27. The zero-order valence-corrected chi connectivity index (χ0v) is 17.5. The lowest BCUT2D eigenvalue weighted by Crippen LogP contribution is -2.47. The summed E-state index contributed by atoms with van der Waals surface area (Å²) in [7, 11) is 0. The summed E-state index contributed by atoms with van der Waals surface area (Å²) in [5.41, 5.74) is 1.01. The Hall–Kier alpha value is -2.60. The van der Waals surface area contributed by atoms with Gasteiger partial charge in [-0.25, -0.2) is 0 Å². The number of piperidine rings is 1. The van der Waals surface area contributed by atoms with E-state index in [1.165, 1.54) is 12.8 Å². The molecule has 4 rings (SSSR count). The molecule has 2 aromatic rings. The van der Waals surface area contributed by atoms with Crippen molar-refractivity contribution in [1.29, 1.82) is 0 Å². The fourth-order valence-corrected chi connectivity index (χ4v) is 4.59. The van der Waals surface area contributed by atoms with Crippen molar-refractivity contribution in [1.82, 2.24) is 15.1 Å². The highest BCUT2D eigenvalue weighted by atomic mass is 16.3. The van der Waals surface area contributed by atoms with Crippen LogP contribution in [0.1, 0.15) is 43.0 Å². The first-order valence-corrected chi connectivity index (χ1v) is 11.1. The summed E-state index contributed by atoms with van der Waals surface area (Å²) in [6.07, 6.45) is 6.16. The second-order valence-corrected chi connectivity index (χ2v) is 8.36. The molecule has 1 aromatic carbocycles. The van der Waals surface area contributed by atoms with Crippen molar-refractivity contribution in [2.75, 3.05) is 32.7 Å². The third kappa shape index (κ3) is 5.11. The molecule has 0 spiro atoms. The Labute approximate surface area is 178 Å². The third-order valence-corrected chi connectivity index (χ3v) is 6.27. The number of carbonyl (C=O) groups excluding carboxylic acids is 2. The molecule has 0 aliphatic carbocycles. The molecule has 1 N–H and O–H groups in total. The summed E-state index contributed by atoms with van der Waals surface area (Å²) in [5.74, 6) is 0.905. The molecule has 160 valence electrons. The summed E-state index contributed by atoms with van der Waals surface area (Å²) in [4.78, 5) is 29.9. The van der Waals surface area contributed by atoms with Crippen molar-refractivity contribution >= 4 is 11.8 Å². The van der Waals surface area contributed by atoms with Crippen LogP contribution in [0.2, 0.25) is 0 Å². The van der Waals surface area contributed by atoms with Crippen LogP contribution in [-0.2, 0) is 16.0 Å². The molecule has 0 saturated carbocycles. The zero-order valence-electron chi connectivity index (χ0n) is 17.5. The maximum absolute atomic E-state index is 12.9. The normalized spacial score (nSPS) is 20.8. The Morgan fingerprint density at radius 1 is 1.03 bits per heavy atom. The van der Waals surface area contributed by atoms with E-state index in [2.05, 4.69) is 10.2 Å². The van der Waals surface area contributed by atoms with E-state index in [1.54, 1.807) is 6.26 Å². The highest BCUT2D eigenvalue weighted by Crippen LogP contribution is 2.25. The summed E-state index contributed by atoms with van der Waals surface area (Å²) >= 11 is 0. The van der Waals surface area contributed by atoms with Gasteiger partial charge in [-0.05, 0) is 56.5 Å². The van der Waals surface area contributed by atoms with Gasteiger partial charge in [0.1, 0.15) is 5.76 Å². The van der Waals surface area contributed by atoms with Crippen LogP contribution >= 0.6 is 0 Å². The maximum atomic E-state index is 12.9. The fraction of sp³-hybridized carbons (Fsp3) is 0.500. The highest BCUT2D eigenvalue weighted by Gasteiger charge is 2.30. The van der Waals surface area contributed by atoms with Gasteiger partial charge in [0.15, 0.2) is 0 Å². The molecule has 2 amide bonds. The molecule has 0 bridgehead atoms. The SMILES string of the molecule is O=C(NC[C@H](c1ccco1)N1CCCC1)[C@H]1CCCN(C(=O)Cc2ccccc2)C1. The number of likely N-dealkylation sites (tertiary alicyclic amines) is 2. The molecule has 30 heavy (non-hydrogen) atoms. The molecule has 2 atom stereocenters. The average Bonchev–Trinajstić information content (AvgIpc) is 3.50. The lowest BCUT2D eigenvalue weighted by molar-refractivity contribution is -0.135. The zero-order chi connectivity index (χ0) is 20.8. The van der Waals surface area contributed by atoms with Crippen LogP contribution < -0.4 is 5.32 Å². The van der Waals surface area contributed by atoms with E-state index in [0.29, 0.717) is 19.5 Å². The topological polar surface area (TPSA) is 65.8 Å². The number of furan rings is 1. The van der Waals surface area contributed by atoms with E-state index >= 15 is 0 Å². The second-order valence-electron chi connectivity index (χ2n) is 8.36. The Balaban J connectivity index is 1.32. The van der Waals surface area contributed by atoms with E-state index in [0.717, 1.165) is 43.8 Å². The van der Waals surface area contributed by atoms with Crippen LogP contribution in [0.25, 0.3) is 0 Å². The monoisotopic (exact) mass is 409 g/mol. The lowest BCUT2D eigenvalue weighted by atomic mass is 9.96. The largest absolute Gasteiger partial charge is 0.468 e. The van der Waals surface area contributed by atoms with E-state index in [-0.39, 0.29) is 23.8 Å². The van der Waals surface area contributed by atoms with Gasteiger partial charge in [-0.2, -0.15) is 0 Å². The van der Waals surface area contributed by atoms with Crippen molar-refractivity contribution in [2.24, 2.45) is 5.92 Å². The molecule has 0 radical (unpaired) electrons. The number of amides is 2. The first kappa shape index (κ1) is 20.7. The molecule has 6 heteroatoms. The smallest absolute Gasteiger partial charge is 0.227 e. The predicted molar refractivity (Wildman–Crippen MR) is 115 cm³/mol. The molecule has 2 aliphatic heterocycles. The van der Waals surface area contributed by atoms with Crippen LogP contribution in [0.5, 0.6) is 0 Å². The average molecular weight is 410 g/mol. The Morgan fingerprint density at radius 3 is 2.57 bits per heavy atom. The van der Waals surface area contributed by atoms with Crippen molar-refractivity contribution in [2.45, 2.75) is 38.1 Å². The number of hydrogen-bond acceptors (Lipinski definition) is 4. The number of benzene rings is 1. The van der Waals surface area contributed by atoms with Gasteiger partial charge in [-0.15, -0.1) is 0 Å². The van der Waals surface area contributed by atoms with Gasteiger partial charge in [-0.1, -0.05) is 30.3 Å². The number of rotatable bonds is 7. The first-order valence-electron chi connectivity index (χ1n) is 11.1. The minimum absolute atomic E-state index is 0.0444. The summed E-state index contributed by atoms with van der Waals surface area (Å²) in [5, 5.41) is 3.15. The van der Waals surface area contributed by atoms with E-state index in [4.69, 9.17) is 4.42 Å². The minimum atomic E-state index is -0.144. The Bertz CT molecular complexity index is 815. The Kier molecular flexibility index (Phi) is 6.84. The van der Waals surface area contributed by atoms with Crippen LogP contribution in [-0.4, -0.2) is 54.3 Å². The van der Waals surface area contributed by atoms with Crippen molar-refractivity contribution in [3.05, 3.63) is 60.1 Å². The van der Waals surface area contributed by atoms with Crippen molar-refractivity contribution < 1.29 is 14.0 Å². The molecule has 6 nitrogen and oxygen atoms in total. The quantitative estimate of drug-likeness (QED) is 0.763. The van der Waals surface area contributed by atoms with Crippen LogP contribution in [0.3, 0.4) is 0 Å². The minimum Gasteiger partial charge on any atom is -0.468 e. The van der Waals surface area contributed by atoms with Crippen molar-refractivity contribution in [3.63, 3.8) is 0 Å². The van der Waals surface area contributed by atoms with E-state index in [1.807, 2.05) is 47.4 Å². The number of nitrogens with zero attached hydrogens (tertiary/aromatic N) is 2. The lowest BCUT2D eigenvalue weighted by Gasteiger charge is -2.33. The first-order chi connectivity index (χ1) is 14.7. The predicted octanol–water partition coefficient (Wildman–Crippen LogP) is 3.01. The maximum Gasteiger partial charge on any atom is 0.227 e. The Morgan fingerprint density at radius 2 is 1.83 bits per heavy atom. The standard InChI is InChI=1S/C24H31N3O3/c28-23(16-19-8-2-1-3-9-19)27-14-6-10-20(18-27)24(29)25-17-21(22-11-7-15-30-22)26-12-4-5-13-26/h1-3,7-9,11,15,20-21H,4-6,10,12-14,16-18H2,(H,25,29)/t20-,21+/m0/s1. The molecule has 3 heterocycles. The van der Waals surface area contributed by atoms with E-state index < -0.39 is 0 Å². The molecule has 0 unspecified atom stereocenters. The number of hydrogen-bond donors (Lipinski definition) is 1. The van der Waals surface area contributed by atoms with Gasteiger partial charge >= 0.3 is 0 Å². The van der Waals surface area contributed by atoms with Crippen LogP contribution in [0, 0.1) is 5.92 Å². The van der Waals surface area contributed by atoms with Gasteiger partial charge in [0.2, 0.25) is 11.8 Å². The highest BCUT2D eigenvalue weighted by molar-refractivity contribution is 5.82. The molecule has 2 saturated heterocycles. The number of nitrogens with one attached hydrogen (secondary N) is 1. The van der Waals surface area contributed by atoms with Crippen LogP contribution in [0.4, 0.5) is 0 Å². The van der Waals surface area contributed by atoms with Gasteiger partial charge in [0.25, 0.3) is 0 Å². The van der Waals surface area contributed by atoms with Crippen LogP contribution in [0.15, 0.2) is 53.1 Å². The molecule has 2 fully saturated rings. The molecular weight excluding hydrogens is 378 g/mol. The molecule has 1 aromatic heterocycles. The van der Waals surface area contributed by atoms with Gasteiger partial charge in [-0.3, -0.25) is 14.5 Å². The van der Waals surface area contributed by atoms with Crippen molar-refractivity contribution in [3.8, 4) is 0 Å². The van der Waals surface area contributed by atoms with Gasteiger partial charge in [0, 0.05) is 19.6 Å². The molecular formula is C24H31N3O3. The van der Waals surface area contributed by atoms with Gasteiger partial charge < -0.3 is 14.6 Å². The second kappa shape index (κ2) is 9.94. The molecule has 2 aliphatic rings. The summed E-state index contributed by atoms with van der Waals surface area (Å²) in [6.45, 7) is 3.85. The summed E-state index contributed by atoms with van der Waals surface area (Å²) in [6, 6.07) is 13.8. The fourth-order valence-electron chi connectivity index (χ4n) is 4.59. The summed E-state index contributed by atoms with van der Waals surface area (Å²) < 4.78 is 5.65. The van der Waals surface area contributed by atoms with E-state index in [9.17, 15) is 9.59 Å². The van der Waals surface area contributed by atoms with Gasteiger partial charge in [0.05, 0.1) is 24.6 Å². The number of carbonyl (C=O) groups is 2.